The molecule has 0 saturated carbocycles. The minimum atomic E-state index is -0.498. The van der Waals surface area contributed by atoms with Crippen LogP contribution in [0.5, 0.6) is 5.75 Å². The number of para-hydroxylation sites is 2. The minimum absolute atomic E-state index is 0.102. The maximum absolute atomic E-state index is 14.2. The first-order valence-electron chi connectivity index (χ1n) is 12.5. The number of carbonyl (C=O) groups excluding carboxylic acids is 1. The van der Waals surface area contributed by atoms with E-state index < -0.39 is 5.82 Å². The van der Waals surface area contributed by atoms with Crippen LogP contribution < -0.4 is 9.64 Å². The van der Waals surface area contributed by atoms with E-state index in [2.05, 4.69) is 23.2 Å². The Balaban J connectivity index is 1.40. The largest absolute Gasteiger partial charge is 0.495 e. The van der Waals surface area contributed by atoms with Gasteiger partial charge < -0.3 is 14.5 Å². The highest BCUT2D eigenvalue weighted by molar-refractivity contribution is 6.02. The number of nitrogens with zero attached hydrogens (tertiary/aromatic N) is 5. The molecular formula is C30H26FN5O2. The van der Waals surface area contributed by atoms with Gasteiger partial charge in [0.05, 0.1) is 23.7 Å². The summed E-state index contributed by atoms with van der Waals surface area (Å²) in [5.41, 5.74) is 3.81. The van der Waals surface area contributed by atoms with Crippen molar-refractivity contribution < 1.29 is 13.9 Å². The highest BCUT2D eigenvalue weighted by Crippen LogP contribution is 2.38. The number of amides is 1. The van der Waals surface area contributed by atoms with Crippen molar-refractivity contribution in [3.63, 3.8) is 0 Å². The lowest BCUT2D eigenvalue weighted by molar-refractivity contribution is 0.0742. The molecule has 0 bridgehead atoms. The van der Waals surface area contributed by atoms with Gasteiger partial charge in [-0.05, 0) is 29.8 Å². The maximum Gasteiger partial charge on any atom is 0.256 e. The van der Waals surface area contributed by atoms with E-state index >= 15 is 0 Å². The number of carbonyl (C=O) groups is 1. The average molecular weight is 508 g/mol. The lowest BCUT2D eigenvalue weighted by atomic mass is 10.1. The fraction of sp³-hybridized carbons (Fsp3) is 0.167. The third kappa shape index (κ3) is 4.14. The Kier molecular flexibility index (Phi) is 6.21. The van der Waals surface area contributed by atoms with E-state index in [0.29, 0.717) is 26.2 Å². The van der Waals surface area contributed by atoms with E-state index in [1.165, 1.54) is 12.1 Å². The first kappa shape index (κ1) is 23.7. The monoisotopic (exact) mass is 507 g/mol. The van der Waals surface area contributed by atoms with Gasteiger partial charge in [-0.15, -0.1) is 0 Å². The van der Waals surface area contributed by atoms with Crippen LogP contribution in [-0.4, -0.2) is 58.6 Å². The Morgan fingerprint density at radius 1 is 0.868 bits per heavy atom. The molecule has 1 aliphatic heterocycles. The van der Waals surface area contributed by atoms with Crippen molar-refractivity contribution in [2.24, 2.45) is 0 Å². The molecule has 5 aromatic rings. The molecule has 190 valence electrons. The van der Waals surface area contributed by atoms with Gasteiger partial charge in [0.15, 0.2) is 5.65 Å². The SMILES string of the molecule is COc1ccccc1-n1cc(-c2ccccc2)c2c(N3CCN(C(=O)c4ccccc4F)CC3)ncnc21. The van der Waals surface area contributed by atoms with Crippen molar-refractivity contribution in [1.82, 2.24) is 19.4 Å². The van der Waals surface area contributed by atoms with E-state index in [-0.39, 0.29) is 11.5 Å². The lowest BCUT2D eigenvalue weighted by Gasteiger charge is -2.35. The van der Waals surface area contributed by atoms with E-state index in [1.54, 1.807) is 30.5 Å². The summed E-state index contributed by atoms with van der Waals surface area (Å²) in [5.74, 6) is 0.760. The van der Waals surface area contributed by atoms with Crippen LogP contribution >= 0.6 is 0 Å². The van der Waals surface area contributed by atoms with E-state index in [1.807, 2.05) is 47.0 Å². The van der Waals surface area contributed by atoms with Crippen molar-refractivity contribution >= 4 is 22.8 Å². The van der Waals surface area contributed by atoms with Crippen molar-refractivity contribution in [2.75, 3.05) is 38.2 Å². The number of rotatable bonds is 5. The van der Waals surface area contributed by atoms with Crippen LogP contribution in [0, 0.1) is 5.82 Å². The number of anilines is 1. The van der Waals surface area contributed by atoms with Gasteiger partial charge in [0, 0.05) is 37.9 Å². The molecule has 0 unspecified atom stereocenters. The Morgan fingerprint density at radius 3 is 2.34 bits per heavy atom. The molecule has 0 N–H and O–H groups in total. The molecule has 0 aliphatic carbocycles. The van der Waals surface area contributed by atoms with Crippen molar-refractivity contribution in [3.05, 3.63) is 103 Å². The molecule has 2 aromatic heterocycles. The molecule has 0 radical (unpaired) electrons. The fourth-order valence-corrected chi connectivity index (χ4v) is 5.06. The third-order valence-corrected chi connectivity index (χ3v) is 6.96. The van der Waals surface area contributed by atoms with Crippen molar-refractivity contribution in [1.29, 1.82) is 0 Å². The molecule has 6 rings (SSSR count). The van der Waals surface area contributed by atoms with E-state index in [9.17, 15) is 9.18 Å². The van der Waals surface area contributed by atoms with Crippen LogP contribution in [0.25, 0.3) is 27.8 Å². The third-order valence-electron chi connectivity index (χ3n) is 6.96. The number of aromatic nitrogens is 3. The predicted octanol–water partition coefficient (Wildman–Crippen LogP) is 5.20. The summed E-state index contributed by atoms with van der Waals surface area (Å²) < 4.78 is 21.9. The Hall–Kier alpha value is -4.72. The number of piperazine rings is 1. The summed E-state index contributed by atoms with van der Waals surface area (Å²) >= 11 is 0. The van der Waals surface area contributed by atoms with Crippen LogP contribution in [0.1, 0.15) is 10.4 Å². The lowest BCUT2D eigenvalue weighted by Crippen LogP contribution is -2.49. The normalized spacial score (nSPS) is 13.6. The Bertz CT molecular complexity index is 1610. The van der Waals surface area contributed by atoms with Crippen LogP contribution in [0.3, 0.4) is 0 Å². The number of halogens is 1. The van der Waals surface area contributed by atoms with Gasteiger partial charge in [0.2, 0.25) is 0 Å². The van der Waals surface area contributed by atoms with Gasteiger partial charge in [-0.25, -0.2) is 14.4 Å². The number of ether oxygens (including phenoxy) is 1. The molecule has 1 aliphatic rings. The molecule has 1 fully saturated rings. The zero-order valence-electron chi connectivity index (χ0n) is 20.9. The summed E-state index contributed by atoms with van der Waals surface area (Å²) in [6, 6.07) is 24.1. The fourth-order valence-electron chi connectivity index (χ4n) is 5.06. The van der Waals surface area contributed by atoms with Crippen LogP contribution in [-0.2, 0) is 0 Å². The first-order valence-corrected chi connectivity index (χ1v) is 12.5. The quantitative estimate of drug-likeness (QED) is 0.327. The molecule has 8 heteroatoms. The van der Waals surface area contributed by atoms with E-state index in [4.69, 9.17) is 14.7 Å². The molecule has 3 heterocycles. The standard InChI is InChI=1S/C30H26FN5O2/c1-38-26-14-8-7-13-25(26)36-19-23(21-9-3-2-4-10-21)27-28(32-20-33-29(27)36)34-15-17-35(18-16-34)30(37)22-11-5-6-12-24(22)31/h2-14,19-20H,15-18H2,1H3. The van der Waals surface area contributed by atoms with Crippen molar-refractivity contribution in [3.8, 4) is 22.6 Å². The molecule has 1 saturated heterocycles. The number of methoxy groups -OCH3 is 1. The summed E-state index contributed by atoms with van der Waals surface area (Å²) in [6.07, 6.45) is 3.66. The van der Waals surface area contributed by atoms with E-state index in [0.717, 1.165) is 39.4 Å². The predicted molar refractivity (Wildman–Crippen MR) is 145 cm³/mol. The molecule has 3 aromatic carbocycles. The Morgan fingerprint density at radius 2 is 1.58 bits per heavy atom. The zero-order valence-corrected chi connectivity index (χ0v) is 20.9. The zero-order chi connectivity index (χ0) is 26.1. The molecular weight excluding hydrogens is 481 g/mol. The molecule has 38 heavy (non-hydrogen) atoms. The number of fused-ring (bicyclic) bond motifs is 1. The number of hydrogen-bond acceptors (Lipinski definition) is 5. The van der Waals surface area contributed by atoms with Gasteiger partial charge >= 0.3 is 0 Å². The van der Waals surface area contributed by atoms with Gasteiger partial charge in [-0.3, -0.25) is 9.36 Å². The highest BCUT2D eigenvalue weighted by Gasteiger charge is 2.27. The maximum atomic E-state index is 14.2. The minimum Gasteiger partial charge on any atom is -0.495 e. The van der Waals surface area contributed by atoms with Gasteiger partial charge in [0.25, 0.3) is 5.91 Å². The van der Waals surface area contributed by atoms with Gasteiger partial charge in [0.1, 0.15) is 23.7 Å². The second-order valence-electron chi connectivity index (χ2n) is 9.11. The molecule has 1 amide bonds. The van der Waals surface area contributed by atoms with Gasteiger partial charge in [-0.2, -0.15) is 0 Å². The Labute approximate surface area is 219 Å². The van der Waals surface area contributed by atoms with Crippen LogP contribution in [0.4, 0.5) is 10.2 Å². The summed E-state index contributed by atoms with van der Waals surface area (Å²) in [5, 5.41) is 0.929. The number of benzene rings is 3. The first-order chi connectivity index (χ1) is 18.7. The smallest absolute Gasteiger partial charge is 0.256 e. The summed E-state index contributed by atoms with van der Waals surface area (Å²) in [4.78, 5) is 26.2. The van der Waals surface area contributed by atoms with Gasteiger partial charge in [-0.1, -0.05) is 54.6 Å². The average Bonchev–Trinajstić information content (AvgIpc) is 3.37. The topological polar surface area (TPSA) is 63.5 Å². The second kappa shape index (κ2) is 9.97. The molecule has 0 atom stereocenters. The summed E-state index contributed by atoms with van der Waals surface area (Å²) in [7, 11) is 1.66. The van der Waals surface area contributed by atoms with Crippen molar-refractivity contribution in [2.45, 2.75) is 0 Å². The second-order valence-corrected chi connectivity index (χ2v) is 9.11. The van der Waals surface area contributed by atoms with Crippen LogP contribution in [0.15, 0.2) is 91.4 Å². The molecule has 7 nitrogen and oxygen atoms in total. The number of hydrogen-bond donors (Lipinski definition) is 0. The molecule has 0 spiro atoms. The summed E-state index contributed by atoms with van der Waals surface area (Å²) in [6.45, 7) is 2.07. The highest BCUT2D eigenvalue weighted by atomic mass is 19.1. The van der Waals surface area contributed by atoms with Crippen LogP contribution in [0.2, 0.25) is 0 Å².